The van der Waals surface area contributed by atoms with Crippen LogP contribution in [-0.2, 0) is 25.5 Å². The Morgan fingerprint density at radius 1 is 0.750 bits per heavy atom. The summed E-state index contributed by atoms with van der Waals surface area (Å²) in [4.78, 5) is 31.2. The third-order valence-electron chi connectivity index (χ3n) is 8.53. The summed E-state index contributed by atoms with van der Waals surface area (Å²) < 4.78 is 20.8. The fourth-order valence-electron chi connectivity index (χ4n) is 5.75. The summed E-state index contributed by atoms with van der Waals surface area (Å²) in [6.45, 7) is 3.86. The van der Waals surface area contributed by atoms with Gasteiger partial charge in [0.1, 0.15) is 30.5 Å². The second-order valence-corrected chi connectivity index (χ2v) is 12.0. The van der Waals surface area contributed by atoms with Gasteiger partial charge in [-0.15, -0.1) is 0 Å². The van der Waals surface area contributed by atoms with E-state index in [9.17, 15) is 9.59 Å². The SMILES string of the molecule is COC(=O)/C=C/c1ccc(OCCN(C)c2nccc3ccccc23)cc1.COC(=O)/C=C/c1ccc(OCCN2CCCc3ccccc32)cc1. The summed E-state index contributed by atoms with van der Waals surface area (Å²) in [5.41, 5.74) is 4.60. The highest BCUT2D eigenvalue weighted by atomic mass is 16.5. The third-order valence-corrected chi connectivity index (χ3v) is 8.53. The van der Waals surface area contributed by atoms with Gasteiger partial charge in [-0.05, 0) is 83.5 Å². The number of ether oxygens (including phenoxy) is 4. The minimum absolute atomic E-state index is 0.359. The molecule has 1 aromatic heterocycles. The first kappa shape index (κ1) is 37.2. The number of aromatic nitrogens is 1. The number of methoxy groups -OCH3 is 2. The summed E-state index contributed by atoms with van der Waals surface area (Å²) in [6, 6.07) is 34.1. The molecule has 0 spiro atoms. The van der Waals surface area contributed by atoms with Gasteiger partial charge >= 0.3 is 11.9 Å². The van der Waals surface area contributed by atoms with E-state index in [0.29, 0.717) is 19.8 Å². The fourth-order valence-corrected chi connectivity index (χ4v) is 5.75. The molecule has 4 aromatic carbocycles. The number of pyridine rings is 1. The first-order valence-corrected chi connectivity index (χ1v) is 17.3. The summed E-state index contributed by atoms with van der Waals surface area (Å²) in [6.07, 6.45) is 10.4. The highest BCUT2D eigenvalue weighted by Gasteiger charge is 2.15. The van der Waals surface area contributed by atoms with Gasteiger partial charge in [-0.1, -0.05) is 66.7 Å². The molecule has 0 atom stereocenters. The Morgan fingerprint density at radius 3 is 2.00 bits per heavy atom. The highest BCUT2D eigenvalue weighted by molar-refractivity contribution is 5.92. The second-order valence-electron chi connectivity index (χ2n) is 12.0. The Labute approximate surface area is 305 Å². The number of fused-ring (bicyclic) bond motifs is 2. The van der Waals surface area contributed by atoms with Crippen molar-refractivity contribution in [1.82, 2.24) is 4.98 Å². The first-order chi connectivity index (χ1) is 25.4. The smallest absolute Gasteiger partial charge is 0.330 e. The lowest BCUT2D eigenvalue weighted by Crippen LogP contribution is -2.33. The molecule has 0 saturated heterocycles. The normalized spacial score (nSPS) is 12.2. The first-order valence-electron chi connectivity index (χ1n) is 17.3. The molecule has 6 rings (SSSR count). The number of benzene rings is 4. The van der Waals surface area contributed by atoms with Gasteiger partial charge in [-0.25, -0.2) is 14.6 Å². The van der Waals surface area contributed by atoms with Gasteiger partial charge < -0.3 is 28.7 Å². The standard InChI is InChI=1S/C22H22N2O3.C21H23NO3/c1-24(22-20-6-4-3-5-18(20)13-14-23-22)15-16-27-19-10-7-17(8-11-19)9-12-21(25)26-2;1-24-21(23)13-10-17-8-11-19(12-9-17)25-16-15-22-14-4-6-18-5-2-3-7-20(18)22/h3-14H,15-16H2,1-2H3;2-3,5,7-13H,4,6,14-16H2,1H3/b12-9+;13-10+. The molecule has 2 heterocycles. The van der Waals surface area contributed by atoms with Crippen LogP contribution in [-0.4, -0.2) is 71.0 Å². The summed E-state index contributed by atoms with van der Waals surface area (Å²) >= 11 is 0. The molecule has 0 radical (unpaired) electrons. The molecule has 0 amide bonds. The van der Waals surface area contributed by atoms with E-state index >= 15 is 0 Å². The molecular weight excluding hydrogens is 654 g/mol. The van der Waals surface area contributed by atoms with Crippen LogP contribution < -0.4 is 19.3 Å². The van der Waals surface area contributed by atoms with E-state index in [0.717, 1.165) is 53.3 Å². The van der Waals surface area contributed by atoms with E-state index < -0.39 is 0 Å². The van der Waals surface area contributed by atoms with Crippen LogP contribution in [0, 0.1) is 0 Å². The van der Waals surface area contributed by atoms with Crippen molar-refractivity contribution in [3.63, 3.8) is 0 Å². The quantitative estimate of drug-likeness (QED) is 0.0909. The highest BCUT2D eigenvalue weighted by Crippen LogP contribution is 2.27. The van der Waals surface area contributed by atoms with Crippen molar-refractivity contribution in [3.8, 4) is 11.5 Å². The van der Waals surface area contributed by atoms with Crippen molar-refractivity contribution in [2.45, 2.75) is 12.8 Å². The summed E-state index contributed by atoms with van der Waals surface area (Å²) in [5.74, 6) is 1.83. The van der Waals surface area contributed by atoms with E-state index in [1.807, 2.05) is 80.0 Å². The maximum atomic E-state index is 11.1. The number of rotatable bonds is 13. The number of hydrogen-bond acceptors (Lipinski definition) is 9. The molecule has 9 nitrogen and oxygen atoms in total. The fraction of sp³-hybridized carbons (Fsp3) is 0.233. The maximum Gasteiger partial charge on any atom is 0.330 e. The number of likely N-dealkylation sites (N-methyl/N-ethyl adjacent to an activating group) is 1. The van der Waals surface area contributed by atoms with Crippen LogP contribution in [0.5, 0.6) is 11.5 Å². The van der Waals surface area contributed by atoms with Crippen LogP contribution in [0.2, 0.25) is 0 Å². The number of carbonyl (C=O) groups is 2. The van der Waals surface area contributed by atoms with Crippen molar-refractivity contribution in [3.05, 3.63) is 138 Å². The van der Waals surface area contributed by atoms with Gasteiger partial charge in [-0.2, -0.15) is 0 Å². The minimum atomic E-state index is -0.375. The lowest BCUT2D eigenvalue weighted by Gasteiger charge is -2.31. The van der Waals surface area contributed by atoms with E-state index in [4.69, 9.17) is 9.47 Å². The number of aryl methyl sites for hydroxylation is 1. The van der Waals surface area contributed by atoms with Crippen LogP contribution in [0.25, 0.3) is 22.9 Å². The van der Waals surface area contributed by atoms with Crippen LogP contribution in [0.3, 0.4) is 0 Å². The van der Waals surface area contributed by atoms with Gasteiger partial charge in [-0.3, -0.25) is 0 Å². The van der Waals surface area contributed by atoms with E-state index in [1.54, 1.807) is 12.2 Å². The number of para-hydroxylation sites is 1. The zero-order chi connectivity index (χ0) is 36.5. The molecule has 0 bridgehead atoms. The largest absolute Gasteiger partial charge is 0.492 e. The van der Waals surface area contributed by atoms with Gasteiger partial charge in [0.15, 0.2) is 0 Å². The molecule has 0 fully saturated rings. The predicted molar refractivity (Wildman–Crippen MR) is 208 cm³/mol. The predicted octanol–water partition coefficient (Wildman–Crippen LogP) is 7.64. The molecule has 0 saturated carbocycles. The molecule has 1 aliphatic heterocycles. The average Bonchev–Trinajstić information content (AvgIpc) is 3.20. The van der Waals surface area contributed by atoms with Crippen LogP contribution >= 0.6 is 0 Å². The molecular formula is C43H45N3O6. The Kier molecular flexibility index (Phi) is 13.8. The maximum absolute atomic E-state index is 11.1. The van der Waals surface area contributed by atoms with Gasteiger partial charge in [0.2, 0.25) is 0 Å². The molecule has 0 N–H and O–H groups in total. The topological polar surface area (TPSA) is 90.4 Å². The van der Waals surface area contributed by atoms with Gasteiger partial charge in [0.05, 0.1) is 27.3 Å². The molecule has 9 heteroatoms. The van der Waals surface area contributed by atoms with Crippen molar-refractivity contribution in [2.75, 3.05) is 63.9 Å². The minimum Gasteiger partial charge on any atom is -0.492 e. The molecule has 1 aliphatic rings. The number of hydrogen-bond donors (Lipinski definition) is 0. The van der Waals surface area contributed by atoms with Crippen molar-refractivity contribution < 1.29 is 28.5 Å². The Hall–Kier alpha value is -6.09. The Bertz CT molecular complexity index is 1950. The zero-order valence-corrected chi connectivity index (χ0v) is 29.9. The van der Waals surface area contributed by atoms with E-state index in [1.165, 1.54) is 49.4 Å². The van der Waals surface area contributed by atoms with Crippen LogP contribution in [0.1, 0.15) is 23.1 Å². The molecule has 268 valence electrons. The van der Waals surface area contributed by atoms with Gasteiger partial charge in [0.25, 0.3) is 0 Å². The monoisotopic (exact) mass is 699 g/mol. The van der Waals surface area contributed by atoms with Gasteiger partial charge in [0, 0.05) is 43.0 Å². The van der Waals surface area contributed by atoms with E-state index in [2.05, 4.69) is 60.7 Å². The number of carbonyl (C=O) groups excluding carboxylic acids is 2. The number of esters is 2. The lowest BCUT2D eigenvalue weighted by atomic mass is 10.0. The summed E-state index contributed by atoms with van der Waals surface area (Å²) in [5, 5.41) is 2.30. The molecule has 5 aromatic rings. The van der Waals surface area contributed by atoms with Crippen molar-refractivity contribution in [2.24, 2.45) is 0 Å². The third kappa shape index (κ3) is 11.0. The summed E-state index contributed by atoms with van der Waals surface area (Å²) in [7, 11) is 4.73. The molecule has 0 aliphatic carbocycles. The number of nitrogens with zero attached hydrogens (tertiary/aromatic N) is 3. The number of anilines is 2. The second kappa shape index (κ2) is 19.3. The van der Waals surface area contributed by atoms with Crippen LogP contribution in [0.4, 0.5) is 11.5 Å². The average molecular weight is 700 g/mol. The van der Waals surface area contributed by atoms with E-state index in [-0.39, 0.29) is 11.9 Å². The van der Waals surface area contributed by atoms with Crippen LogP contribution in [0.15, 0.2) is 121 Å². The Balaban J connectivity index is 0.000000202. The van der Waals surface area contributed by atoms with Crippen molar-refractivity contribution in [1.29, 1.82) is 0 Å². The molecule has 0 unspecified atom stereocenters. The van der Waals surface area contributed by atoms with Crippen molar-refractivity contribution >= 4 is 46.4 Å². The molecule has 52 heavy (non-hydrogen) atoms. The lowest BCUT2D eigenvalue weighted by molar-refractivity contribution is -0.135. The zero-order valence-electron chi connectivity index (χ0n) is 29.9. The Morgan fingerprint density at radius 2 is 1.35 bits per heavy atom.